The van der Waals surface area contributed by atoms with E-state index in [-0.39, 0.29) is 21.0 Å². The van der Waals surface area contributed by atoms with Crippen molar-refractivity contribution in [2.75, 3.05) is 13.6 Å². The molecule has 0 radical (unpaired) electrons. The molecule has 2 N–H and O–H groups in total. The van der Waals surface area contributed by atoms with Gasteiger partial charge >= 0.3 is 0 Å². The standard InChI is InChI=1S/C10H14ClN3O5S2/c1-10(2,9(15)12-3)5-13-21(18,19)7-4-6(14(16)17)8(11)20-7/h4,13H,5H2,1-3H3,(H,12,15). The molecule has 1 amide bonds. The fourth-order valence-electron chi connectivity index (χ4n) is 1.36. The van der Waals surface area contributed by atoms with Gasteiger partial charge in [-0.05, 0) is 13.8 Å². The summed E-state index contributed by atoms with van der Waals surface area (Å²) in [5.41, 5.74) is -1.43. The third kappa shape index (κ3) is 4.13. The van der Waals surface area contributed by atoms with Gasteiger partial charge in [0.05, 0.1) is 10.3 Å². The Kier molecular flexibility index (Phi) is 5.31. The summed E-state index contributed by atoms with van der Waals surface area (Å²) in [5.74, 6) is -0.333. The molecule has 1 heterocycles. The number of nitrogens with one attached hydrogen (secondary N) is 2. The Morgan fingerprint density at radius 3 is 2.52 bits per heavy atom. The lowest BCUT2D eigenvalue weighted by molar-refractivity contribution is -0.384. The highest BCUT2D eigenvalue weighted by atomic mass is 35.5. The Balaban J connectivity index is 2.95. The quantitative estimate of drug-likeness (QED) is 0.590. The highest BCUT2D eigenvalue weighted by Crippen LogP contribution is 2.36. The fraction of sp³-hybridized carbons (Fsp3) is 0.500. The van der Waals surface area contributed by atoms with Crippen LogP contribution in [-0.4, -0.2) is 32.8 Å². The summed E-state index contributed by atoms with van der Waals surface area (Å²) >= 11 is 6.22. The van der Waals surface area contributed by atoms with Crippen LogP contribution in [0.4, 0.5) is 5.69 Å². The number of nitrogens with zero attached hydrogens (tertiary/aromatic N) is 1. The van der Waals surface area contributed by atoms with Crippen molar-refractivity contribution in [3.05, 3.63) is 20.5 Å². The van der Waals surface area contributed by atoms with Crippen LogP contribution in [0, 0.1) is 15.5 Å². The molecule has 1 rings (SSSR count). The summed E-state index contributed by atoms with van der Waals surface area (Å²) < 4.78 is 25.9. The van der Waals surface area contributed by atoms with Gasteiger partial charge in [0.15, 0.2) is 4.34 Å². The highest BCUT2D eigenvalue weighted by Gasteiger charge is 2.31. The molecule has 0 unspecified atom stereocenters. The number of carbonyl (C=O) groups is 1. The first kappa shape index (κ1) is 17.8. The lowest BCUT2D eigenvalue weighted by Gasteiger charge is -2.22. The number of thiophene rings is 1. The number of sulfonamides is 1. The predicted octanol–water partition coefficient (Wildman–Crippen LogP) is 1.36. The van der Waals surface area contributed by atoms with E-state index in [1.165, 1.54) is 7.05 Å². The van der Waals surface area contributed by atoms with Crippen molar-refractivity contribution in [3.8, 4) is 0 Å². The molecule has 21 heavy (non-hydrogen) atoms. The minimum Gasteiger partial charge on any atom is -0.359 e. The zero-order chi connectivity index (χ0) is 16.4. The van der Waals surface area contributed by atoms with E-state index in [1.807, 2.05) is 0 Å². The van der Waals surface area contributed by atoms with Crippen molar-refractivity contribution in [2.45, 2.75) is 18.1 Å². The number of carbonyl (C=O) groups excluding carboxylic acids is 1. The van der Waals surface area contributed by atoms with Crippen LogP contribution >= 0.6 is 22.9 Å². The van der Waals surface area contributed by atoms with Crippen LogP contribution in [-0.2, 0) is 14.8 Å². The van der Waals surface area contributed by atoms with Crippen LogP contribution in [0.25, 0.3) is 0 Å². The zero-order valence-electron chi connectivity index (χ0n) is 11.5. The molecule has 0 fully saturated rings. The largest absolute Gasteiger partial charge is 0.359 e. The van der Waals surface area contributed by atoms with Gasteiger partial charge in [-0.2, -0.15) is 0 Å². The van der Waals surface area contributed by atoms with Gasteiger partial charge in [-0.3, -0.25) is 14.9 Å². The second-order valence-electron chi connectivity index (χ2n) is 4.77. The van der Waals surface area contributed by atoms with Crippen molar-refractivity contribution in [1.29, 1.82) is 0 Å². The molecule has 0 aromatic carbocycles. The monoisotopic (exact) mass is 355 g/mol. The van der Waals surface area contributed by atoms with Gasteiger partial charge in [-0.1, -0.05) is 11.6 Å². The molecule has 0 aliphatic carbocycles. The molecule has 0 saturated carbocycles. The number of halogens is 1. The second kappa shape index (κ2) is 6.26. The molecule has 0 spiro atoms. The van der Waals surface area contributed by atoms with Gasteiger partial charge in [0.25, 0.3) is 5.69 Å². The lowest BCUT2D eigenvalue weighted by Crippen LogP contribution is -2.43. The fourth-order valence-corrected chi connectivity index (χ4v) is 4.28. The first-order chi connectivity index (χ1) is 9.51. The van der Waals surface area contributed by atoms with E-state index in [2.05, 4.69) is 10.0 Å². The maximum Gasteiger partial charge on any atom is 0.300 e. The molecule has 1 aromatic rings. The summed E-state index contributed by atoms with van der Waals surface area (Å²) in [6, 6.07) is 0.891. The first-order valence-corrected chi connectivity index (χ1v) is 8.34. The van der Waals surface area contributed by atoms with Crippen molar-refractivity contribution in [2.24, 2.45) is 5.41 Å². The molecule has 0 bridgehead atoms. The maximum absolute atomic E-state index is 12.1. The third-order valence-corrected chi connectivity index (χ3v) is 5.87. The topological polar surface area (TPSA) is 118 Å². The van der Waals surface area contributed by atoms with Gasteiger partial charge in [0.2, 0.25) is 15.9 Å². The molecule has 0 aliphatic rings. The molecule has 1 aromatic heterocycles. The minimum absolute atomic E-state index is 0.154. The second-order valence-corrected chi connectivity index (χ2v) is 8.42. The van der Waals surface area contributed by atoms with Gasteiger partial charge < -0.3 is 5.32 Å². The number of rotatable bonds is 6. The zero-order valence-corrected chi connectivity index (χ0v) is 13.9. The molecule has 11 heteroatoms. The Morgan fingerprint density at radius 2 is 2.10 bits per heavy atom. The Hall–Kier alpha value is -1.23. The molecule has 0 aliphatic heterocycles. The van der Waals surface area contributed by atoms with Crippen LogP contribution in [0.3, 0.4) is 0 Å². The summed E-state index contributed by atoms with van der Waals surface area (Å²) in [7, 11) is -2.53. The number of hydrogen-bond acceptors (Lipinski definition) is 6. The molecule has 118 valence electrons. The van der Waals surface area contributed by atoms with E-state index in [0.29, 0.717) is 11.3 Å². The Morgan fingerprint density at radius 1 is 1.52 bits per heavy atom. The van der Waals surface area contributed by atoms with Crippen molar-refractivity contribution < 1.29 is 18.1 Å². The summed E-state index contributed by atoms with van der Waals surface area (Å²) in [4.78, 5) is 21.5. The van der Waals surface area contributed by atoms with Crippen molar-refractivity contribution in [1.82, 2.24) is 10.0 Å². The SMILES string of the molecule is CNC(=O)C(C)(C)CNS(=O)(=O)c1cc([N+](=O)[O-])c(Cl)s1. The van der Waals surface area contributed by atoms with Crippen molar-refractivity contribution in [3.63, 3.8) is 0 Å². The van der Waals surface area contributed by atoms with E-state index in [0.717, 1.165) is 6.07 Å². The Labute approximate surface area is 130 Å². The Bertz CT molecular complexity index is 668. The van der Waals surface area contributed by atoms with Crippen molar-refractivity contribution >= 4 is 44.6 Å². The summed E-state index contributed by atoms with van der Waals surface area (Å²) in [6.45, 7) is 2.98. The first-order valence-electron chi connectivity index (χ1n) is 5.67. The van der Waals surface area contributed by atoms with E-state index < -0.39 is 26.0 Å². The smallest absolute Gasteiger partial charge is 0.300 e. The van der Waals surface area contributed by atoms with E-state index in [1.54, 1.807) is 13.8 Å². The van der Waals surface area contributed by atoms with Gasteiger partial charge in [0.1, 0.15) is 4.21 Å². The van der Waals surface area contributed by atoms with E-state index >= 15 is 0 Å². The third-order valence-electron chi connectivity index (χ3n) is 2.65. The highest BCUT2D eigenvalue weighted by molar-refractivity contribution is 7.91. The molecular formula is C10H14ClN3O5S2. The lowest BCUT2D eigenvalue weighted by atomic mass is 9.93. The number of amides is 1. The van der Waals surface area contributed by atoms with Crippen LogP contribution in [0.5, 0.6) is 0 Å². The van der Waals surface area contributed by atoms with Crippen LogP contribution in [0.1, 0.15) is 13.8 Å². The molecule has 8 nitrogen and oxygen atoms in total. The van der Waals surface area contributed by atoms with Crippen LogP contribution in [0.15, 0.2) is 10.3 Å². The normalized spacial score (nSPS) is 12.2. The van der Waals surface area contributed by atoms with Gasteiger partial charge in [0, 0.05) is 19.7 Å². The van der Waals surface area contributed by atoms with E-state index in [9.17, 15) is 23.3 Å². The molecule has 0 saturated heterocycles. The molecular weight excluding hydrogens is 342 g/mol. The minimum atomic E-state index is -3.97. The predicted molar refractivity (Wildman–Crippen MR) is 79.0 cm³/mol. The average Bonchev–Trinajstić information content (AvgIpc) is 2.78. The van der Waals surface area contributed by atoms with Crippen LogP contribution in [0.2, 0.25) is 4.34 Å². The number of nitro groups is 1. The summed E-state index contributed by atoms with van der Waals surface area (Å²) in [6.07, 6.45) is 0. The van der Waals surface area contributed by atoms with E-state index in [4.69, 9.17) is 11.6 Å². The number of hydrogen-bond donors (Lipinski definition) is 2. The van der Waals surface area contributed by atoms with Crippen LogP contribution < -0.4 is 10.0 Å². The van der Waals surface area contributed by atoms with Gasteiger partial charge in [-0.15, -0.1) is 11.3 Å². The maximum atomic E-state index is 12.1. The average molecular weight is 356 g/mol. The summed E-state index contributed by atoms with van der Waals surface area (Å²) in [5, 5.41) is 13.1. The van der Waals surface area contributed by atoms with Gasteiger partial charge in [-0.25, -0.2) is 13.1 Å². The molecule has 0 atom stereocenters.